The summed E-state index contributed by atoms with van der Waals surface area (Å²) in [6.45, 7) is 8.86. The molecule has 0 aliphatic rings. The second-order valence-corrected chi connectivity index (χ2v) is 5.75. The molecular weight excluding hydrogens is 256 g/mol. The van der Waals surface area contributed by atoms with Crippen LogP contribution in [0.2, 0.25) is 0 Å². The third-order valence-electron chi connectivity index (χ3n) is 2.54. The minimum Gasteiger partial charge on any atom is -0.365 e. The number of rotatable bonds is 6. The highest BCUT2D eigenvalue weighted by atomic mass is 16.2. The van der Waals surface area contributed by atoms with E-state index in [0.717, 1.165) is 6.42 Å². The first-order valence-electron chi connectivity index (χ1n) is 6.94. The highest BCUT2D eigenvalue weighted by molar-refractivity contribution is 5.77. The van der Waals surface area contributed by atoms with Gasteiger partial charge in [0.1, 0.15) is 0 Å². The van der Waals surface area contributed by atoms with Crippen molar-refractivity contribution in [1.82, 2.24) is 14.9 Å². The molecule has 2 N–H and O–H groups in total. The molecular formula is C14H24N4O2. The second-order valence-electron chi connectivity index (χ2n) is 5.75. The summed E-state index contributed by atoms with van der Waals surface area (Å²) >= 11 is 0. The van der Waals surface area contributed by atoms with E-state index in [9.17, 15) is 9.59 Å². The Balaban J connectivity index is 2.52. The van der Waals surface area contributed by atoms with Gasteiger partial charge in [-0.1, -0.05) is 6.92 Å². The highest BCUT2D eigenvalue weighted by Gasteiger charge is 2.13. The van der Waals surface area contributed by atoms with Crippen LogP contribution >= 0.6 is 0 Å². The lowest BCUT2D eigenvalue weighted by Gasteiger charge is -2.20. The van der Waals surface area contributed by atoms with Crippen LogP contribution in [0.25, 0.3) is 0 Å². The van der Waals surface area contributed by atoms with E-state index in [4.69, 9.17) is 0 Å². The summed E-state index contributed by atoms with van der Waals surface area (Å²) in [7, 11) is 0. The van der Waals surface area contributed by atoms with Crippen molar-refractivity contribution in [3.63, 3.8) is 0 Å². The molecule has 1 rings (SSSR count). The maximum Gasteiger partial charge on any atom is 0.293 e. The normalized spacial score (nSPS) is 11.2. The van der Waals surface area contributed by atoms with Crippen molar-refractivity contribution in [1.29, 1.82) is 0 Å². The molecule has 0 atom stereocenters. The molecule has 0 aliphatic carbocycles. The molecule has 0 bridgehead atoms. The molecule has 6 nitrogen and oxygen atoms in total. The third-order valence-corrected chi connectivity index (χ3v) is 2.54. The fraction of sp³-hybridized carbons (Fsp3) is 0.643. The Hall–Kier alpha value is -1.85. The van der Waals surface area contributed by atoms with E-state index in [1.807, 2.05) is 27.7 Å². The van der Waals surface area contributed by atoms with Gasteiger partial charge in [0.05, 0.1) is 0 Å². The molecule has 0 spiro atoms. The molecule has 0 aromatic carbocycles. The number of carbonyl (C=O) groups is 1. The minimum atomic E-state index is -0.240. The number of nitrogens with one attached hydrogen (secondary N) is 2. The second kappa shape index (κ2) is 7.07. The lowest BCUT2D eigenvalue weighted by molar-refractivity contribution is -0.122. The van der Waals surface area contributed by atoms with Crippen LogP contribution in [0.1, 0.15) is 40.5 Å². The Kier molecular flexibility index (Phi) is 5.73. The maximum absolute atomic E-state index is 12.0. The van der Waals surface area contributed by atoms with Gasteiger partial charge in [-0.15, -0.1) is 0 Å². The summed E-state index contributed by atoms with van der Waals surface area (Å²) in [5, 5.41) is 5.79. The van der Waals surface area contributed by atoms with Crippen LogP contribution in [0, 0.1) is 0 Å². The lowest BCUT2D eigenvalue weighted by Crippen LogP contribution is -2.41. The van der Waals surface area contributed by atoms with Gasteiger partial charge in [-0.05, 0) is 27.2 Å². The van der Waals surface area contributed by atoms with E-state index in [2.05, 4.69) is 15.6 Å². The Bertz CT molecular complexity index is 503. The molecule has 112 valence electrons. The molecule has 20 heavy (non-hydrogen) atoms. The Morgan fingerprint density at radius 3 is 2.70 bits per heavy atom. The zero-order valence-corrected chi connectivity index (χ0v) is 12.7. The van der Waals surface area contributed by atoms with Gasteiger partial charge in [0, 0.05) is 37.4 Å². The number of anilines is 1. The SMILES string of the molecule is CCCn1ccnc(NCCC(=O)NC(C)(C)C)c1=O. The van der Waals surface area contributed by atoms with Gasteiger partial charge in [0.2, 0.25) is 5.91 Å². The standard InChI is InChI=1S/C14H24N4O2/c1-5-9-18-10-8-16-12(13(18)20)15-7-6-11(19)17-14(2,3)4/h8,10H,5-7,9H2,1-4H3,(H,15,16)(H,17,19). The summed E-state index contributed by atoms with van der Waals surface area (Å²) in [5.74, 6) is 0.249. The van der Waals surface area contributed by atoms with Crippen LogP contribution in [-0.4, -0.2) is 27.5 Å². The summed E-state index contributed by atoms with van der Waals surface area (Å²) in [4.78, 5) is 27.7. The van der Waals surface area contributed by atoms with Crippen LogP contribution in [0.3, 0.4) is 0 Å². The van der Waals surface area contributed by atoms with Crippen molar-refractivity contribution in [2.75, 3.05) is 11.9 Å². The Morgan fingerprint density at radius 1 is 1.40 bits per heavy atom. The van der Waals surface area contributed by atoms with E-state index >= 15 is 0 Å². The summed E-state index contributed by atoms with van der Waals surface area (Å²) in [6.07, 6.45) is 4.45. The molecule has 0 unspecified atom stereocenters. The number of aryl methyl sites for hydroxylation is 1. The van der Waals surface area contributed by atoms with E-state index in [0.29, 0.717) is 25.3 Å². The monoisotopic (exact) mass is 280 g/mol. The predicted molar refractivity (Wildman–Crippen MR) is 79.8 cm³/mol. The summed E-state index contributed by atoms with van der Waals surface area (Å²) in [5.41, 5.74) is -0.388. The van der Waals surface area contributed by atoms with Gasteiger partial charge in [-0.2, -0.15) is 0 Å². The van der Waals surface area contributed by atoms with Crippen molar-refractivity contribution < 1.29 is 4.79 Å². The number of hydrogen-bond donors (Lipinski definition) is 2. The van der Waals surface area contributed by atoms with Crippen LogP contribution in [0.5, 0.6) is 0 Å². The van der Waals surface area contributed by atoms with Gasteiger partial charge in [-0.3, -0.25) is 9.59 Å². The molecule has 6 heteroatoms. The van der Waals surface area contributed by atoms with Gasteiger partial charge < -0.3 is 15.2 Å². The first-order valence-corrected chi connectivity index (χ1v) is 6.94. The van der Waals surface area contributed by atoms with Crippen LogP contribution < -0.4 is 16.2 Å². The molecule has 0 aliphatic heterocycles. The van der Waals surface area contributed by atoms with Crippen molar-refractivity contribution in [2.45, 2.75) is 52.6 Å². The molecule has 1 aromatic heterocycles. The average Bonchev–Trinajstić information content (AvgIpc) is 2.32. The largest absolute Gasteiger partial charge is 0.365 e. The van der Waals surface area contributed by atoms with E-state index < -0.39 is 0 Å². The molecule has 0 radical (unpaired) electrons. The fourth-order valence-electron chi connectivity index (χ4n) is 1.76. The summed E-state index contributed by atoms with van der Waals surface area (Å²) in [6, 6.07) is 0. The van der Waals surface area contributed by atoms with E-state index in [1.54, 1.807) is 17.0 Å². The molecule has 0 fully saturated rings. The van der Waals surface area contributed by atoms with Gasteiger partial charge in [0.25, 0.3) is 5.56 Å². The minimum absolute atomic E-state index is 0.0465. The van der Waals surface area contributed by atoms with Crippen molar-refractivity contribution in [3.8, 4) is 0 Å². The van der Waals surface area contributed by atoms with Crippen LogP contribution in [0.15, 0.2) is 17.2 Å². The maximum atomic E-state index is 12.0. The molecule has 1 heterocycles. The Labute approximate surface area is 119 Å². The van der Waals surface area contributed by atoms with Gasteiger partial charge in [0.15, 0.2) is 5.82 Å². The van der Waals surface area contributed by atoms with Gasteiger partial charge in [-0.25, -0.2) is 4.98 Å². The number of nitrogens with zero attached hydrogens (tertiary/aromatic N) is 2. The number of amides is 1. The number of aromatic nitrogens is 2. The highest BCUT2D eigenvalue weighted by Crippen LogP contribution is 2.00. The summed E-state index contributed by atoms with van der Waals surface area (Å²) < 4.78 is 1.62. The number of carbonyl (C=O) groups excluding carboxylic acids is 1. The topological polar surface area (TPSA) is 76.0 Å². The zero-order chi connectivity index (χ0) is 15.2. The molecule has 1 aromatic rings. The van der Waals surface area contributed by atoms with Crippen molar-refractivity contribution in [3.05, 3.63) is 22.7 Å². The van der Waals surface area contributed by atoms with Crippen molar-refractivity contribution >= 4 is 11.7 Å². The lowest BCUT2D eigenvalue weighted by atomic mass is 10.1. The van der Waals surface area contributed by atoms with E-state index in [1.165, 1.54) is 0 Å². The van der Waals surface area contributed by atoms with Crippen LogP contribution in [-0.2, 0) is 11.3 Å². The first kappa shape index (κ1) is 16.2. The number of hydrogen-bond acceptors (Lipinski definition) is 4. The fourth-order valence-corrected chi connectivity index (χ4v) is 1.76. The smallest absolute Gasteiger partial charge is 0.293 e. The van der Waals surface area contributed by atoms with E-state index in [-0.39, 0.29) is 17.0 Å². The quantitative estimate of drug-likeness (QED) is 0.825. The Morgan fingerprint density at radius 2 is 2.10 bits per heavy atom. The zero-order valence-electron chi connectivity index (χ0n) is 12.7. The molecule has 0 saturated heterocycles. The molecule has 1 amide bonds. The van der Waals surface area contributed by atoms with Crippen LogP contribution in [0.4, 0.5) is 5.82 Å². The third kappa shape index (κ3) is 5.42. The predicted octanol–water partition coefficient (Wildman–Crippen LogP) is 1.37. The first-order chi connectivity index (χ1) is 9.33. The van der Waals surface area contributed by atoms with Crippen molar-refractivity contribution in [2.24, 2.45) is 0 Å². The molecule has 0 saturated carbocycles. The van der Waals surface area contributed by atoms with Gasteiger partial charge >= 0.3 is 0 Å². The average molecular weight is 280 g/mol.